The third-order valence-electron chi connectivity index (χ3n) is 3.05. The molecule has 1 N–H and O–H groups in total. The quantitative estimate of drug-likeness (QED) is 0.823. The summed E-state index contributed by atoms with van der Waals surface area (Å²) in [6.07, 6.45) is 2.87. The van der Waals surface area contributed by atoms with Gasteiger partial charge in [0.15, 0.2) is 11.6 Å². The fraction of sp³-hybridized carbons (Fsp3) is 0.167. The lowest BCUT2D eigenvalue weighted by Gasteiger charge is -2.09. The molecule has 5 heteroatoms. The van der Waals surface area contributed by atoms with Crippen LogP contribution in [0.2, 0.25) is 0 Å². The van der Waals surface area contributed by atoms with Gasteiger partial charge < -0.3 is 14.8 Å². The predicted molar refractivity (Wildman–Crippen MR) is 88.2 cm³/mol. The largest absolute Gasteiger partial charge is 0.494 e. The first-order valence-electron chi connectivity index (χ1n) is 7.18. The fourth-order valence-corrected chi connectivity index (χ4v) is 1.98. The molecule has 0 radical (unpaired) electrons. The van der Waals surface area contributed by atoms with Crippen LogP contribution in [-0.2, 0) is 4.79 Å². The number of ether oxygens (including phenoxy) is 2. The van der Waals surface area contributed by atoms with Gasteiger partial charge >= 0.3 is 0 Å². The average Bonchev–Trinajstić information content (AvgIpc) is 2.55. The van der Waals surface area contributed by atoms with Crippen molar-refractivity contribution in [3.05, 3.63) is 59.9 Å². The highest BCUT2D eigenvalue weighted by atomic mass is 19.1. The molecule has 0 bridgehead atoms. The third kappa shape index (κ3) is 4.57. The minimum atomic E-state index is -0.475. The Labute approximate surface area is 134 Å². The van der Waals surface area contributed by atoms with Crippen molar-refractivity contribution >= 4 is 17.7 Å². The Hall–Kier alpha value is -2.82. The maximum absolute atomic E-state index is 13.6. The zero-order valence-electron chi connectivity index (χ0n) is 13.0. The van der Waals surface area contributed by atoms with Gasteiger partial charge in [-0.3, -0.25) is 4.79 Å². The van der Waals surface area contributed by atoms with E-state index in [-0.39, 0.29) is 11.7 Å². The van der Waals surface area contributed by atoms with Gasteiger partial charge in [-0.05, 0) is 42.8 Å². The molecular weight excluding hydrogens is 297 g/mol. The Morgan fingerprint density at radius 2 is 2.00 bits per heavy atom. The zero-order chi connectivity index (χ0) is 16.7. The number of carbonyl (C=O) groups is 1. The maximum Gasteiger partial charge on any atom is 0.248 e. The molecule has 23 heavy (non-hydrogen) atoms. The smallest absolute Gasteiger partial charge is 0.248 e. The van der Waals surface area contributed by atoms with E-state index in [1.165, 1.54) is 31.4 Å². The Morgan fingerprint density at radius 1 is 1.22 bits per heavy atom. The molecule has 0 aliphatic heterocycles. The van der Waals surface area contributed by atoms with Crippen molar-refractivity contribution in [2.75, 3.05) is 19.0 Å². The second-order valence-electron chi connectivity index (χ2n) is 4.65. The number of para-hydroxylation sites is 2. The summed E-state index contributed by atoms with van der Waals surface area (Å²) in [4.78, 5) is 12.0. The minimum Gasteiger partial charge on any atom is -0.494 e. The average molecular weight is 315 g/mol. The van der Waals surface area contributed by atoms with Crippen LogP contribution in [0, 0.1) is 5.82 Å². The molecule has 2 aromatic carbocycles. The lowest BCUT2D eigenvalue weighted by atomic mass is 10.2. The number of rotatable bonds is 6. The minimum absolute atomic E-state index is 0.164. The summed E-state index contributed by atoms with van der Waals surface area (Å²) in [5, 5.41) is 2.73. The number of nitrogens with one attached hydrogen (secondary N) is 1. The highest BCUT2D eigenvalue weighted by Gasteiger charge is 2.05. The molecule has 0 atom stereocenters. The molecule has 1 amide bonds. The van der Waals surface area contributed by atoms with Gasteiger partial charge in [0.25, 0.3) is 0 Å². The van der Waals surface area contributed by atoms with E-state index in [2.05, 4.69) is 5.32 Å². The highest BCUT2D eigenvalue weighted by Crippen LogP contribution is 2.23. The van der Waals surface area contributed by atoms with Crippen LogP contribution in [0.5, 0.6) is 11.5 Å². The van der Waals surface area contributed by atoms with E-state index in [1.54, 1.807) is 24.3 Å². The van der Waals surface area contributed by atoms with Gasteiger partial charge in [0, 0.05) is 6.08 Å². The van der Waals surface area contributed by atoms with Gasteiger partial charge in [-0.25, -0.2) is 4.39 Å². The monoisotopic (exact) mass is 315 g/mol. The first-order valence-corrected chi connectivity index (χ1v) is 7.18. The van der Waals surface area contributed by atoms with Gasteiger partial charge in [0.2, 0.25) is 5.91 Å². The summed E-state index contributed by atoms with van der Waals surface area (Å²) < 4.78 is 23.9. The van der Waals surface area contributed by atoms with Crippen molar-refractivity contribution in [1.82, 2.24) is 0 Å². The van der Waals surface area contributed by atoms with Crippen molar-refractivity contribution in [3.63, 3.8) is 0 Å². The van der Waals surface area contributed by atoms with E-state index in [0.29, 0.717) is 23.6 Å². The summed E-state index contributed by atoms with van der Waals surface area (Å²) >= 11 is 0. The van der Waals surface area contributed by atoms with E-state index in [1.807, 2.05) is 13.0 Å². The second kappa shape index (κ2) is 7.98. The summed E-state index contributed by atoms with van der Waals surface area (Å²) in [6.45, 7) is 2.38. The summed E-state index contributed by atoms with van der Waals surface area (Å²) in [7, 11) is 1.40. The molecule has 0 aromatic heterocycles. The normalized spacial score (nSPS) is 10.6. The Morgan fingerprint density at radius 3 is 2.70 bits per heavy atom. The molecule has 0 aliphatic rings. The van der Waals surface area contributed by atoms with E-state index in [9.17, 15) is 9.18 Å². The van der Waals surface area contributed by atoms with Crippen LogP contribution in [0.3, 0.4) is 0 Å². The van der Waals surface area contributed by atoms with Gasteiger partial charge in [0.05, 0.1) is 19.4 Å². The van der Waals surface area contributed by atoms with Gasteiger partial charge in [-0.1, -0.05) is 18.2 Å². The molecule has 4 nitrogen and oxygen atoms in total. The van der Waals surface area contributed by atoms with Crippen molar-refractivity contribution in [2.45, 2.75) is 6.92 Å². The van der Waals surface area contributed by atoms with Crippen LogP contribution in [0.25, 0.3) is 6.08 Å². The fourth-order valence-electron chi connectivity index (χ4n) is 1.98. The number of halogens is 1. The Bertz CT molecular complexity index is 713. The number of methoxy groups -OCH3 is 1. The van der Waals surface area contributed by atoms with Gasteiger partial charge in [0.1, 0.15) is 5.75 Å². The van der Waals surface area contributed by atoms with Crippen LogP contribution in [0.4, 0.5) is 10.1 Å². The molecule has 2 aromatic rings. The molecule has 0 aliphatic carbocycles. The van der Waals surface area contributed by atoms with E-state index in [4.69, 9.17) is 9.47 Å². The lowest BCUT2D eigenvalue weighted by Crippen LogP contribution is -2.09. The van der Waals surface area contributed by atoms with Gasteiger partial charge in [-0.2, -0.15) is 0 Å². The SMILES string of the molecule is CCOc1ccccc1NC(=O)/C=C/c1ccc(OC)c(F)c1. The number of hydrogen-bond donors (Lipinski definition) is 1. The molecule has 120 valence electrons. The lowest BCUT2D eigenvalue weighted by molar-refractivity contribution is -0.111. The predicted octanol–water partition coefficient (Wildman–Crippen LogP) is 3.88. The molecule has 0 fully saturated rings. The number of anilines is 1. The third-order valence-corrected chi connectivity index (χ3v) is 3.05. The Balaban J connectivity index is 2.06. The van der Waals surface area contributed by atoms with Crippen LogP contribution >= 0.6 is 0 Å². The van der Waals surface area contributed by atoms with Crippen LogP contribution in [0.1, 0.15) is 12.5 Å². The molecule has 0 spiro atoms. The molecule has 2 rings (SSSR count). The summed E-state index contributed by atoms with van der Waals surface area (Å²) in [5.74, 6) is -0.0328. The van der Waals surface area contributed by atoms with Crippen molar-refractivity contribution in [1.29, 1.82) is 0 Å². The molecule has 0 unspecified atom stereocenters. The first-order chi connectivity index (χ1) is 11.1. The topological polar surface area (TPSA) is 47.6 Å². The van der Waals surface area contributed by atoms with E-state index < -0.39 is 5.82 Å². The standard InChI is InChI=1S/C18H18FNO3/c1-3-23-17-7-5-4-6-15(17)20-18(21)11-9-13-8-10-16(22-2)14(19)12-13/h4-12H,3H2,1-2H3,(H,20,21)/b11-9+. The van der Waals surface area contributed by atoms with E-state index in [0.717, 1.165) is 0 Å². The van der Waals surface area contributed by atoms with Crippen LogP contribution in [-0.4, -0.2) is 19.6 Å². The number of benzene rings is 2. The first kappa shape index (κ1) is 16.5. The van der Waals surface area contributed by atoms with Crippen molar-refractivity contribution in [2.24, 2.45) is 0 Å². The molecule has 0 saturated heterocycles. The Kier molecular flexibility index (Phi) is 5.74. The molecule has 0 heterocycles. The van der Waals surface area contributed by atoms with Crippen LogP contribution in [0.15, 0.2) is 48.5 Å². The maximum atomic E-state index is 13.6. The number of hydrogen-bond acceptors (Lipinski definition) is 3. The van der Waals surface area contributed by atoms with Gasteiger partial charge in [-0.15, -0.1) is 0 Å². The van der Waals surface area contributed by atoms with Crippen molar-refractivity contribution in [3.8, 4) is 11.5 Å². The van der Waals surface area contributed by atoms with E-state index >= 15 is 0 Å². The molecule has 0 saturated carbocycles. The number of carbonyl (C=O) groups excluding carboxylic acids is 1. The van der Waals surface area contributed by atoms with Crippen LogP contribution < -0.4 is 14.8 Å². The number of amides is 1. The summed E-state index contributed by atoms with van der Waals surface area (Å²) in [6, 6.07) is 11.6. The highest BCUT2D eigenvalue weighted by molar-refractivity contribution is 6.02. The summed E-state index contributed by atoms with van der Waals surface area (Å²) in [5.41, 5.74) is 1.15. The second-order valence-corrected chi connectivity index (χ2v) is 4.65. The zero-order valence-corrected chi connectivity index (χ0v) is 13.0. The molecular formula is C18H18FNO3. The van der Waals surface area contributed by atoms with Crippen molar-refractivity contribution < 1.29 is 18.7 Å².